The predicted octanol–water partition coefficient (Wildman–Crippen LogP) is 7.80. The van der Waals surface area contributed by atoms with Crippen LogP contribution in [0.3, 0.4) is 0 Å². The summed E-state index contributed by atoms with van der Waals surface area (Å²) >= 11 is 0. The maximum atomic E-state index is 13.1. The van der Waals surface area contributed by atoms with Crippen LogP contribution in [0.1, 0.15) is 104 Å². The molecule has 7 N–H and O–H groups in total. The number of nitrogens with two attached hydrogens (primary N) is 1. The number of nitrogen functional groups attached to an aromatic ring is 1. The number of aromatic amines is 1. The topological polar surface area (TPSA) is 181 Å². The van der Waals surface area contributed by atoms with E-state index in [4.69, 9.17) is 25.2 Å². The van der Waals surface area contributed by atoms with Crippen LogP contribution in [-0.2, 0) is 22.7 Å². The van der Waals surface area contributed by atoms with Crippen molar-refractivity contribution in [2.24, 2.45) is 0 Å². The molecular formula is C45H59N9O4S. The van der Waals surface area contributed by atoms with Crippen LogP contribution >= 0.6 is 0 Å². The van der Waals surface area contributed by atoms with E-state index in [1.54, 1.807) is 38.1 Å². The molecule has 13 nitrogen and oxygen atoms in total. The first kappa shape index (κ1) is 40.8. The molecule has 0 radical (unpaired) electrons. The van der Waals surface area contributed by atoms with Gasteiger partial charge < -0.3 is 36.5 Å². The number of piperidine rings is 2. The Morgan fingerprint density at radius 3 is 1.98 bits per heavy atom. The minimum atomic E-state index is -3.53. The molecule has 2 atom stereocenters. The minimum absolute atomic E-state index is 0.0850. The molecule has 0 bridgehead atoms. The highest BCUT2D eigenvalue weighted by Crippen LogP contribution is 2.46. The summed E-state index contributed by atoms with van der Waals surface area (Å²) < 4.78 is 38.5. The van der Waals surface area contributed by atoms with Gasteiger partial charge in [0.1, 0.15) is 29.5 Å². The fraction of sp³-hybridized carbons (Fsp3) is 0.489. The number of sulfone groups is 1. The minimum Gasteiger partial charge on any atom is -0.488 e. The molecule has 3 aromatic carbocycles. The Morgan fingerprint density at radius 1 is 0.780 bits per heavy atom. The van der Waals surface area contributed by atoms with Crippen LogP contribution in [0.15, 0.2) is 41.3 Å². The van der Waals surface area contributed by atoms with E-state index in [9.17, 15) is 8.42 Å². The highest BCUT2D eigenvalue weighted by atomic mass is 32.2. The average molecular weight is 822 g/mol. The number of aromatic nitrogens is 4. The fourth-order valence-electron chi connectivity index (χ4n) is 9.52. The molecule has 59 heavy (non-hydrogen) atoms. The highest BCUT2D eigenvalue weighted by molar-refractivity contribution is 7.92. The quantitative estimate of drug-likeness (QED) is 0.0838. The lowest BCUT2D eigenvalue weighted by Gasteiger charge is -2.27. The first-order chi connectivity index (χ1) is 28.3. The van der Waals surface area contributed by atoms with E-state index in [2.05, 4.69) is 71.3 Å². The second-order valence-corrected chi connectivity index (χ2v) is 19.5. The van der Waals surface area contributed by atoms with E-state index in [0.29, 0.717) is 40.3 Å². The van der Waals surface area contributed by atoms with Crippen molar-refractivity contribution in [3.8, 4) is 11.5 Å². The molecule has 314 valence electrons. The van der Waals surface area contributed by atoms with Crippen molar-refractivity contribution in [2.45, 2.75) is 121 Å². The molecule has 4 aliphatic heterocycles. The molecule has 4 aliphatic rings. The molecule has 2 aromatic heterocycles. The predicted molar refractivity (Wildman–Crippen MR) is 236 cm³/mol. The monoisotopic (exact) mass is 821 g/mol. The first-order valence-corrected chi connectivity index (χ1v) is 22.8. The summed E-state index contributed by atoms with van der Waals surface area (Å²) in [5.74, 6) is 3.82. The Morgan fingerprint density at radius 2 is 1.36 bits per heavy atom. The number of benzene rings is 3. The highest BCUT2D eigenvalue weighted by Gasteiger charge is 2.32. The van der Waals surface area contributed by atoms with Gasteiger partial charge in [-0.05, 0) is 159 Å². The van der Waals surface area contributed by atoms with E-state index in [1.165, 1.54) is 46.2 Å². The summed E-state index contributed by atoms with van der Waals surface area (Å²) in [5, 5.41) is 21.1. The standard InChI is InChI=1S/C30H37N7O3S.C15H22N2O/c1-16(2)41(38,39)24-9-7-6-8-22(24)32-28-26-19(5)36-37-29(26)35-30(34-28)33-23-14-17(3)25(20-10-12-31-13-11-20)21-15-18(4)40-27(21)23;1-9-7-13(16)15-12(8-10(2)18-15)14(9)11-3-5-17-6-4-11/h6-9,14,16,18,20,31H,10-13,15H2,1-5H3,(H3,32,33,34,35,36,37);7,10-11,17H,3-6,8,16H2,1-2H3/t18-;10-/m11/s1. The lowest BCUT2D eigenvalue weighted by atomic mass is 9.83. The fourth-order valence-corrected chi connectivity index (χ4v) is 10.7. The van der Waals surface area contributed by atoms with Crippen molar-refractivity contribution in [3.63, 3.8) is 0 Å². The number of nitrogens with zero attached hydrogens (tertiary/aromatic N) is 3. The molecule has 0 spiro atoms. The average Bonchev–Trinajstić information content (AvgIpc) is 3.91. The second kappa shape index (κ2) is 16.6. The van der Waals surface area contributed by atoms with Gasteiger partial charge in [0.2, 0.25) is 5.95 Å². The smallest absolute Gasteiger partial charge is 0.231 e. The summed E-state index contributed by atoms with van der Waals surface area (Å²) in [7, 11) is -3.53. The third-order valence-electron chi connectivity index (χ3n) is 12.3. The van der Waals surface area contributed by atoms with Crippen molar-refractivity contribution in [3.05, 3.63) is 75.5 Å². The van der Waals surface area contributed by atoms with Gasteiger partial charge in [0, 0.05) is 29.7 Å². The van der Waals surface area contributed by atoms with Crippen LogP contribution < -0.4 is 36.5 Å². The van der Waals surface area contributed by atoms with Gasteiger partial charge in [-0.1, -0.05) is 12.1 Å². The molecule has 6 heterocycles. The van der Waals surface area contributed by atoms with Gasteiger partial charge in [0.05, 0.1) is 32.6 Å². The van der Waals surface area contributed by atoms with E-state index >= 15 is 0 Å². The van der Waals surface area contributed by atoms with Crippen molar-refractivity contribution in [1.82, 2.24) is 30.8 Å². The lowest BCUT2D eigenvalue weighted by molar-refractivity contribution is 0.255. The second-order valence-electron chi connectivity index (χ2n) is 17.1. The van der Waals surface area contributed by atoms with Gasteiger partial charge in [-0.3, -0.25) is 5.10 Å². The van der Waals surface area contributed by atoms with E-state index in [1.807, 2.05) is 6.92 Å². The number of aryl methyl sites for hydroxylation is 3. The van der Waals surface area contributed by atoms with Crippen molar-refractivity contribution < 1.29 is 17.9 Å². The third kappa shape index (κ3) is 8.06. The number of rotatable bonds is 8. The number of hydrogen-bond acceptors (Lipinski definition) is 12. The van der Waals surface area contributed by atoms with Crippen LogP contribution in [0.2, 0.25) is 0 Å². The maximum absolute atomic E-state index is 13.1. The van der Waals surface area contributed by atoms with Crippen LogP contribution in [-0.4, -0.2) is 72.2 Å². The van der Waals surface area contributed by atoms with Gasteiger partial charge >= 0.3 is 0 Å². The van der Waals surface area contributed by atoms with Crippen molar-refractivity contribution in [1.29, 1.82) is 0 Å². The Balaban J connectivity index is 0.000000223. The number of anilines is 5. The van der Waals surface area contributed by atoms with E-state index < -0.39 is 15.1 Å². The lowest BCUT2D eigenvalue weighted by Crippen LogP contribution is -2.27. The Hall–Kier alpha value is -4.92. The number of fused-ring (bicyclic) bond motifs is 3. The molecule has 0 aliphatic carbocycles. The SMILES string of the molecule is Cc1cc(N)c2c(c1C1CCNCC1)C[C@@H](C)O2.Cc1cc(Nc2nc(Nc3ccccc3S(=O)(=O)C(C)C)c3c(C)[nH]nc3n2)c2c(c1C1CCNCC1)C[C@@H](C)O2. The molecule has 0 saturated carbocycles. The summed E-state index contributed by atoms with van der Waals surface area (Å²) in [4.78, 5) is 9.74. The zero-order valence-corrected chi connectivity index (χ0v) is 36.2. The molecule has 2 fully saturated rings. The Labute approximate surface area is 348 Å². The Kier molecular flexibility index (Phi) is 11.5. The number of H-pyrrole nitrogens is 1. The summed E-state index contributed by atoms with van der Waals surface area (Å²) in [6.07, 6.45) is 6.94. The number of para-hydroxylation sites is 1. The number of ether oxygens (including phenoxy) is 2. The summed E-state index contributed by atoms with van der Waals surface area (Å²) in [6.45, 7) is 18.1. The van der Waals surface area contributed by atoms with Crippen LogP contribution in [0.5, 0.6) is 11.5 Å². The molecular weight excluding hydrogens is 763 g/mol. The van der Waals surface area contributed by atoms with Crippen molar-refractivity contribution in [2.75, 3.05) is 42.5 Å². The molecule has 5 aromatic rings. The zero-order chi connectivity index (χ0) is 41.6. The molecule has 0 unspecified atom stereocenters. The van der Waals surface area contributed by atoms with Gasteiger partial charge in [-0.25, -0.2) is 8.42 Å². The Bertz CT molecular complexity index is 2470. The van der Waals surface area contributed by atoms with Crippen LogP contribution in [0, 0.1) is 20.8 Å². The molecule has 9 rings (SSSR count). The maximum Gasteiger partial charge on any atom is 0.231 e. The van der Waals surface area contributed by atoms with Gasteiger partial charge in [-0.15, -0.1) is 0 Å². The number of nitrogens with one attached hydrogen (secondary N) is 5. The van der Waals surface area contributed by atoms with Crippen LogP contribution in [0.4, 0.5) is 28.8 Å². The third-order valence-corrected chi connectivity index (χ3v) is 14.5. The van der Waals surface area contributed by atoms with Crippen molar-refractivity contribution >= 4 is 49.7 Å². The first-order valence-electron chi connectivity index (χ1n) is 21.2. The van der Waals surface area contributed by atoms with Crippen LogP contribution in [0.25, 0.3) is 11.0 Å². The van der Waals surface area contributed by atoms with Gasteiger partial charge in [-0.2, -0.15) is 15.1 Å². The summed E-state index contributed by atoms with van der Waals surface area (Å²) in [6, 6.07) is 11.1. The number of hydrogen-bond donors (Lipinski definition) is 6. The largest absolute Gasteiger partial charge is 0.488 e. The van der Waals surface area contributed by atoms with E-state index in [-0.39, 0.29) is 17.1 Å². The normalized spacial score (nSPS) is 19.5. The zero-order valence-electron chi connectivity index (χ0n) is 35.4. The molecule has 2 saturated heterocycles. The van der Waals surface area contributed by atoms with Gasteiger partial charge in [0.15, 0.2) is 15.5 Å². The molecule has 0 amide bonds. The summed E-state index contributed by atoms with van der Waals surface area (Å²) in [5.41, 5.74) is 17.6. The molecule has 14 heteroatoms. The van der Waals surface area contributed by atoms with Gasteiger partial charge in [0.25, 0.3) is 0 Å². The van der Waals surface area contributed by atoms with E-state index in [0.717, 1.165) is 80.4 Å².